The average molecular weight is 389 g/mol. The molecule has 0 spiro atoms. The van der Waals surface area contributed by atoms with Crippen molar-refractivity contribution in [2.45, 2.75) is 19.9 Å². The molecule has 1 saturated heterocycles. The number of carbonyl (C=O) groups excluding carboxylic acids is 2. The molecule has 1 fully saturated rings. The molecule has 1 aliphatic heterocycles. The van der Waals surface area contributed by atoms with E-state index in [9.17, 15) is 9.59 Å². The average Bonchev–Trinajstić information content (AvgIpc) is 2.64. The molecule has 144 valence electrons. The minimum Gasteiger partial charge on any atom is -0.333 e. The molecule has 27 heavy (non-hydrogen) atoms. The van der Waals surface area contributed by atoms with Crippen LogP contribution >= 0.6 is 12.4 Å². The Morgan fingerprint density at radius 2 is 1.85 bits per heavy atom. The van der Waals surface area contributed by atoms with Crippen molar-refractivity contribution in [1.29, 1.82) is 0 Å². The molecule has 0 saturated carbocycles. The lowest BCUT2D eigenvalue weighted by Crippen LogP contribution is -2.52. The summed E-state index contributed by atoms with van der Waals surface area (Å²) in [6, 6.07) is 14.5. The van der Waals surface area contributed by atoms with Crippen molar-refractivity contribution in [2.24, 2.45) is 0 Å². The monoisotopic (exact) mass is 388 g/mol. The molecular formula is C20H25ClN4O2. The molecule has 7 heteroatoms. The fraction of sp³-hybridized carbons (Fsp3) is 0.300. The highest BCUT2D eigenvalue weighted by Crippen LogP contribution is 2.20. The number of carbonyl (C=O) groups is 2. The lowest BCUT2D eigenvalue weighted by Gasteiger charge is -2.34. The number of piperazine rings is 1. The van der Waals surface area contributed by atoms with Crippen LogP contribution in [0.4, 0.5) is 16.2 Å². The third kappa shape index (κ3) is 5.21. The quantitative estimate of drug-likeness (QED) is 0.753. The number of urea groups is 1. The zero-order chi connectivity index (χ0) is 18.5. The topological polar surface area (TPSA) is 73.5 Å². The van der Waals surface area contributed by atoms with Gasteiger partial charge in [0.2, 0.25) is 0 Å². The Balaban J connectivity index is 0.00000261. The highest BCUT2D eigenvalue weighted by molar-refractivity contribution is 6.02. The second-order valence-corrected chi connectivity index (χ2v) is 6.53. The summed E-state index contributed by atoms with van der Waals surface area (Å²) in [5.74, 6) is -0.00878. The molecule has 3 amide bonds. The summed E-state index contributed by atoms with van der Waals surface area (Å²) >= 11 is 0. The first kappa shape index (κ1) is 20.7. The molecule has 1 aliphatic rings. The van der Waals surface area contributed by atoms with Gasteiger partial charge in [-0.15, -0.1) is 12.4 Å². The Morgan fingerprint density at radius 1 is 1.11 bits per heavy atom. The van der Waals surface area contributed by atoms with Gasteiger partial charge in [0, 0.05) is 42.6 Å². The van der Waals surface area contributed by atoms with Crippen LogP contribution in [-0.4, -0.2) is 42.5 Å². The van der Waals surface area contributed by atoms with Gasteiger partial charge in [-0.2, -0.15) is 0 Å². The summed E-state index contributed by atoms with van der Waals surface area (Å²) in [5.41, 5.74) is 2.83. The minimum atomic E-state index is -0.334. The third-order valence-corrected chi connectivity index (χ3v) is 4.53. The first-order valence-electron chi connectivity index (χ1n) is 8.80. The molecule has 1 atom stereocenters. The van der Waals surface area contributed by atoms with Gasteiger partial charge in [-0.1, -0.05) is 24.3 Å². The van der Waals surface area contributed by atoms with Crippen LogP contribution in [0.15, 0.2) is 48.5 Å². The summed E-state index contributed by atoms with van der Waals surface area (Å²) < 4.78 is 0. The van der Waals surface area contributed by atoms with Gasteiger partial charge in [0.05, 0.1) is 0 Å². The maximum Gasteiger partial charge on any atom is 0.323 e. The maximum absolute atomic E-state index is 12.8. The van der Waals surface area contributed by atoms with Gasteiger partial charge in [0.1, 0.15) is 0 Å². The molecule has 0 radical (unpaired) electrons. The largest absolute Gasteiger partial charge is 0.333 e. The van der Waals surface area contributed by atoms with Crippen LogP contribution in [-0.2, 0) is 0 Å². The molecule has 3 N–H and O–H groups in total. The van der Waals surface area contributed by atoms with Crippen molar-refractivity contribution in [3.05, 3.63) is 59.7 Å². The summed E-state index contributed by atoms with van der Waals surface area (Å²) in [5, 5.41) is 8.90. The van der Waals surface area contributed by atoms with E-state index in [4.69, 9.17) is 0 Å². The van der Waals surface area contributed by atoms with Crippen molar-refractivity contribution in [1.82, 2.24) is 10.2 Å². The van der Waals surface area contributed by atoms with Gasteiger partial charge in [-0.05, 0) is 43.7 Å². The second-order valence-electron chi connectivity index (χ2n) is 6.53. The van der Waals surface area contributed by atoms with E-state index in [1.807, 2.05) is 61.2 Å². The third-order valence-electron chi connectivity index (χ3n) is 4.53. The molecular weight excluding hydrogens is 364 g/mol. The first-order valence-corrected chi connectivity index (χ1v) is 8.80. The molecule has 6 nitrogen and oxygen atoms in total. The van der Waals surface area contributed by atoms with Crippen molar-refractivity contribution in [3.63, 3.8) is 0 Å². The number of aryl methyl sites for hydroxylation is 1. The normalized spacial score (nSPS) is 16.2. The maximum atomic E-state index is 12.8. The van der Waals surface area contributed by atoms with Crippen LogP contribution in [0.25, 0.3) is 0 Å². The Labute approximate surface area is 165 Å². The molecule has 1 heterocycles. The van der Waals surface area contributed by atoms with Crippen molar-refractivity contribution < 1.29 is 9.59 Å². The Kier molecular flexibility index (Phi) is 7.21. The van der Waals surface area contributed by atoms with Gasteiger partial charge >= 0.3 is 6.03 Å². The van der Waals surface area contributed by atoms with Crippen LogP contribution in [0.3, 0.4) is 0 Å². The van der Waals surface area contributed by atoms with E-state index in [-0.39, 0.29) is 30.4 Å². The predicted octanol–water partition coefficient (Wildman–Crippen LogP) is 3.49. The fourth-order valence-corrected chi connectivity index (χ4v) is 3.00. The van der Waals surface area contributed by atoms with Crippen LogP contribution < -0.4 is 16.0 Å². The summed E-state index contributed by atoms with van der Waals surface area (Å²) in [4.78, 5) is 26.9. The molecule has 2 aromatic rings. The van der Waals surface area contributed by atoms with Crippen molar-refractivity contribution in [2.75, 3.05) is 30.3 Å². The standard InChI is InChI=1S/C20H24N4O2.ClH/c1-14-8-9-16(19(25)24-11-10-21-13-15(24)2)12-18(14)23-20(26)22-17-6-4-3-5-7-17;/h3-9,12,15,21H,10-11,13H2,1-2H3,(H2,22,23,26);1H/t15-;/m1./s1. The number of anilines is 2. The number of rotatable bonds is 3. The number of amides is 3. The molecule has 0 bridgehead atoms. The highest BCUT2D eigenvalue weighted by atomic mass is 35.5. The molecule has 0 unspecified atom stereocenters. The Morgan fingerprint density at radius 3 is 2.56 bits per heavy atom. The smallest absolute Gasteiger partial charge is 0.323 e. The zero-order valence-corrected chi connectivity index (χ0v) is 16.3. The first-order chi connectivity index (χ1) is 12.5. The molecule has 0 aliphatic carbocycles. The lowest BCUT2D eigenvalue weighted by molar-refractivity contribution is 0.0656. The van der Waals surface area contributed by atoms with E-state index in [0.717, 1.165) is 18.7 Å². The van der Waals surface area contributed by atoms with Crippen molar-refractivity contribution >= 4 is 35.7 Å². The summed E-state index contributed by atoms with van der Waals surface area (Å²) in [6.07, 6.45) is 0. The van der Waals surface area contributed by atoms with Gasteiger partial charge in [-0.25, -0.2) is 4.79 Å². The summed E-state index contributed by atoms with van der Waals surface area (Å²) in [6.45, 7) is 6.21. The van der Waals surface area contributed by atoms with E-state index in [0.29, 0.717) is 23.5 Å². The van der Waals surface area contributed by atoms with E-state index < -0.39 is 0 Å². The SMILES string of the molecule is Cc1ccc(C(=O)N2CCNC[C@H]2C)cc1NC(=O)Nc1ccccc1.Cl. The van der Waals surface area contributed by atoms with Gasteiger partial charge in [0.15, 0.2) is 0 Å². The van der Waals surface area contributed by atoms with Gasteiger partial charge < -0.3 is 20.9 Å². The highest BCUT2D eigenvalue weighted by Gasteiger charge is 2.24. The fourth-order valence-electron chi connectivity index (χ4n) is 3.00. The zero-order valence-electron chi connectivity index (χ0n) is 15.5. The number of hydrogen-bond acceptors (Lipinski definition) is 3. The number of nitrogens with one attached hydrogen (secondary N) is 3. The Hall–Kier alpha value is -2.57. The van der Waals surface area contributed by atoms with Gasteiger partial charge in [0.25, 0.3) is 5.91 Å². The Bertz CT molecular complexity index is 798. The number of halogens is 1. The van der Waals surface area contributed by atoms with Crippen LogP contribution in [0.1, 0.15) is 22.8 Å². The van der Waals surface area contributed by atoms with Crippen LogP contribution in [0.5, 0.6) is 0 Å². The number of nitrogens with zero attached hydrogens (tertiary/aromatic N) is 1. The van der Waals surface area contributed by atoms with E-state index in [1.54, 1.807) is 6.07 Å². The van der Waals surface area contributed by atoms with Crippen molar-refractivity contribution in [3.8, 4) is 0 Å². The van der Waals surface area contributed by atoms with E-state index in [2.05, 4.69) is 16.0 Å². The number of para-hydroxylation sites is 1. The number of benzene rings is 2. The lowest BCUT2D eigenvalue weighted by atomic mass is 10.1. The van der Waals surface area contributed by atoms with E-state index >= 15 is 0 Å². The molecule has 3 rings (SSSR count). The van der Waals surface area contributed by atoms with Crippen LogP contribution in [0, 0.1) is 6.92 Å². The summed E-state index contributed by atoms with van der Waals surface area (Å²) in [7, 11) is 0. The molecule has 2 aromatic carbocycles. The minimum absolute atomic E-state index is 0. The second kappa shape index (κ2) is 9.39. The predicted molar refractivity (Wildman–Crippen MR) is 111 cm³/mol. The van der Waals surface area contributed by atoms with E-state index in [1.165, 1.54) is 0 Å². The van der Waals surface area contributed by atoms with Crippen LogP contribution in [0.2, 0.25) is 0 Å². The van der Waals surface area contributed by atoms with Gasteiger partial charge in [-0.3, -0.25) is 4.79 Å². The number of hydrogen-bond donors (Lipinski definition) is 3. The molecule has 0 aromatic heterocycles.